The van der Waals surface area contributed by atoms with Crippen LogP contribution in [0.1, 0.15) is 0 Å². The lowest BCUT2D eigenvalue weighted by atomic mass is 9.82. The summed E-state index contributed by atoms with van der Waals surface area (Å²) in [5.74, 6) is 0. The van der Waals surface area contributed by atoms with Crippen molar-refractivity contribution >= 4 is 43.1 Å². The van der Waals surface area contributed by atoms with Crippen LogP contribution in [0, 0.1) is 0 Å². The van der Waals surface area contributed by atoms with Crippen molar-refractivity contribution in [3.8, 4) is 100 Å². The molecule has 0 saturated carbocycles. The van der Waals surface area contributed by atoms with Crippen molar-refractivity contribution < 1.29 is 0 Å². The highest BCUT2D eigenvalue weighted by Gasteiger charge is 2.34. The van der Waals surface area contributed by atoms with E-state index in [0.29, 0.717) is 0 Å². The van der Waals surface area contributed by atoms with Crippen LogP contribution < -0.4 is 0 Å². The van der Waals surface area contributed by atoms with Crippen molar-refractivity contribution in [2.45, 2.75) is 0 Å². The Morgan fingerprint density at radius 1 is 0.141 bits per heavy atom. The first-order valence-electron chi connectivity index (χ1n) is 22.4. The lowest BCUT2D eigenvalue weighted by Crippen LogP contribution is -1.93. The number of rotatable bonds is 5. The van der Waals surface area contributed by atoms with Gasteiger partial charge in [0.25, 0.3) is 0 Å². The van der Waals surface area contributed by atoms with E-state index < -0.39 is 0 Å². The SMILES string of the molecule is c1ccc(-c2c3c(c(-c4ccccc4)c4ccccc24)-c2ccc(-c4ccc5c6c(cccc46)-c4c-5c(-c5ccccc5)c5ccccc5c4-c4ccccc4)c4cccc-3c24)cc1. The Morgan fingerprint density at radius 3 is 0.672 bits per heavy atom. The molecule has 294 valence electrons. The topological polar surface area (TPSA) is 0 Å². The fraction of sp³-hybridized carbons (Fsp3) is 0. The fourth-order valence-corrected chi connectivity index (χ4v) is 11.7. The van der Waals surface area contributed by atoms with E-state index in [1.54, 1.807) is 0 Å². The molecule has 12 aromatic carbocycles. The van der Waals surface area contributed by atoms with E-state index in [2.05, 4.69) is 231 Å². The summed E-state index contributed by atoms with van der Waals surface area (Å²) in [6, 6.07) is 85.8. The second-order valence-corrected chi connectivity index (χ2v) is 17.3. The summed E-state index contributed by atoms with van der Waals surface area (Å²) in [6.45, 7) is 0. The molecule has 0 amide bonds. The maximum atomic E-state index is 2.43. The first kappa shape index (κ1) is 35.3. The Kier molecular flexibility index (Phi) is 7.49. The van der Waals surface area contributed by atoms with Crippen LogP contribution in [-0.4, -0.2) is 0 Å². The van der Waals surface area contributed by atoms with Crippen LogP contribution in [0.5, 0.6) is 0 Å². The number of hydrogen-bond donors (Lipinski definition) is 0. The largest absolute Gasteiger partial charge is 0.0622 e. The van der Waals surface area contributed by atoms with Gasteiger partial charge in [-0.1, -0.05) is 231 Å². The Morgan fingerprint density at radius 2 is 0.375 bits per heavy atom. The second-order valence-electron chi connectivity index (χ2n) is 17.3. The molecule has 2 aliphatic carbocycles. The van der Waals surface area contributed by atoms with Gasteiger partial charge in [0.05, 0.1) is 0 Å². The smallest absolute Gasteiger partial charge is 0.000741 e. The van der Waals surface area contributed by atoms with E-state index in [1.807, 2.05) is 0 Å². The number of hydrogen-bond acceptors (Lipinski definition) is 0. The van der Waals surface area contributed by atoms with Gasteiger partial charge in [0, 0.05) is 0 Å². The summed E-state index contributed by atoms with van der Waals surface area (Å²) in [6.07, 6.45) is 0. The molecule has 0 aliphatic heterocycles. The zero-order valence-electron chi connectivity index (χ0n) is 34.9. The average Bonchev–Trinajstić information content (AvgIpc) is 3.88. The summed E-state index contributed by atoms with van der Waals surface area (Å²) in [5.41, 5.74) is 23.2. The van der Waals surface area contributed by atoms with Crippen molar-refractivity contribution in [2.75, 3.05) is 0 Å². The quantitative estimate of drug-likeness (QED) is 0.163. The summed E-state index contributed by atoms with van der Waals surface area (Å²) < 4.78 is 0. The van der Waals surface area contributed by atoms with Crippen molar-refractivity contribution in [2.24, 2.45) is 0 Å². The first-order chi connectivity index (χ1) is 31.8. The summed E-state index contributed by atoms with van der Waals surface area (Å²) >= 11 is 0. The molecule has 0 atom stereocenters. The van der Waals surface area contributed by atoms with Gasteiger partial charge >= 0.3 is 0 Å². The van der Waals surface area contributed by atoms with E-state index in [1.165, 1.54) is 143 Å². The van der Waals surface area contributed by atoms with E-state index in [9.17, 15) is 0 Å². The Bertz CT molecular complexity index is 3460. The lowest BCUT2D eigenvalue weighted by Gasteiger charge is -2.20. The molecule has 64 heavy (non-hydrogen) atoms. The molecule has 0 heterocycles. The van der Waals surface area contributed by atoms with Gasteiger partial charge in [0.2, 0.25) is 0 Å². The predicted molar refractivity (Wildman–Crippen MR) is 273 cm³/mol. The molecular formula is C64H38. The minimum atomic E-state index is 1.24. The molecule has 14 rings (SSSR count). The maximum absolute atomic E-state index is 2.43. The molecular weight excluding hydrogens is 769 g/mol. The van der Waals surface area contributed by atoms with Gasteiger partial charge in [0.15, 0.2) is 0 Å². The molecule has 0 fully saturated rings. The van der Waals surface area contributed by atoms with Gasteiger partial charge in [-0.25, -0.2) is 0 Å². The highest BCUT2D eigenvalue weighted by atomic mass is 14.4. The average molecular weight is 807 g/mol. The molecule has 0 radical (unpaired) electrons. The molecule has 0 heteroatoms. The first-order valence-corrected chi connectivity index (χ1v) is 22.4. The van der Waals surface area contributed by atoms with Crippen LogP contribution in [0.25, 0.3) is 143 Å². The molecule has 0 saturated heterocycles. The van der Waals surface area contributed by atoms with Crippen LogP contribution in [0.4, 0.5) is 0 Å². The number of fused-ring (bicyclic) bond motifs is 8. The second kappa shape index (κ2) is 13.6. The standard InChI is InChI=1S/C64H38/c1-5-19-39(20-6-1)55-47-27-13-15-29-49(47)57(41-23-9-3-10-24-41)63-53-37-35-43(45-31-17-33-51(59(45)53)61(55)63)44-36-38-54-60-46(44)32-18-34-52(60)62-56(40-21-7-2-8-22-40)48-28-14-16-30-50(48)58(64(54)62)42-25-11-4-12-26-42/h1-38H. The minimum Gasteiger partial charge on any atom is -0.0622 e. The van der Waals surface area contributed by atoms with Gasteiger partial charge in [-0.2, -0.15) is 0 Å². The fourth-order valence-electron chi connectivity index (χ4n) is 11.7. The van der Waals surface area contributed by atoms with E-state index in [4.69, 9.17) is 0 Å². The Balaban J connectivity index is 1.07. The number of benzene rings is 12. The zero-order chi connectivity index (χ0) is 41.9. The zero-order valence-corrected chi connectivity index (χ0v) is 34.9. The molecule has 2 aliphatic rings. The maximum Gasteiger partial charge on any atom is -0.000741 e. The molecule has 0 aromatic heterocycles. The van der Waals surface area contributed by atoms with Gasteiger partial charge in [-0.15, -0.1) is 0 Å². The van der Waals surface area contributed by atoms with Crippen LogP contribution in [-0.2, 0) is 0 Å². The monoisotopic (exact) mass is 806 g/mol. The van der Waals surface area contributed by atoms with E-state index in [0.717, 1.165) is 0 Å². The van der Waals surface area contributed by atoms with Crippen molar-refractivity contribution in [3.05, 3.63) is 231 Å². The van der Waals surface area contributed by atoms with Crippen LogP contribution in [0.3, 0.4) is 0 Å². The summed E-state index contributed by atoms with van der Waals surface area (Å²) in [4.78, 5) is 0. The van der Waals surface area contributed by atoms with Crippen LogP contribution >= 0.6 is 0 Å². The Hall–Kier alpha value is -8.32. The third-order valence-electron chi connectivity index (χ3n) is 14.1. The normalized spacial score (nSPS) is 12.1. The Labute approximate surface area is 372 Å². The van der Waals surface area contributed by atoms with Crippen LogP contribution in [0.2, 0.25) is 0 Å². The van der Waals surface area contributed by atoms with Crippen molar-refractivity contribution in [1.82, 2.24) is 0 Å². The van der Waals surface area contributed by atoms with Crippen molar-refractivity contribution in [3.63, 3.8) is 0 Å². The highest BCUT2D eigenvalue weighted by molar-refractivity contribution is 6.32. The molecule has 0 bridgehead atoms. The summed E-state index contributed by atoms with van der Waals surface area (Å²) in [5, 5.41) is 10.3. The van der Waals surface area contributed by atoms with E-state index >= 15 is 0 Å². The molecule has 12 aromatic rings. The minimum absolute atomic E-state index is 1.24. The molecule has 0 unspecified atom stereocenters. The lowest BCUT2D eigenvalue weighted by molar-refractivity contribution is 1.62. The van der Waals surface area contributed by atoms with Crippen molar-refractivity contribution in [1.29, 1.82) is 0 Å². The molecule has 0 spiro atoms. The van der Waals surface area contributed by atoms with Gasteiger partial charge in [-0.3, -0.25) is 0 Å². The predicted octanol–water partition coefficient (Wildman–Crippen LogP) is 17.9. The molecule has 0 nitrogen and oxygen atoms in total. The third-order valence-corrected chi connectivity index (χ3v) is 14.1. The van der Waals surface area contributed by atoms with Crippen LogP contribution in [0.15, 0.2) is 231 Å². The third kappa shape index (κ3) is 4.83. The van der Waals surface area contributed by atoms with Gasteiger partial charge < -0.3 is 0 Å². The van der Waals surface area contributed by atoms with Gasteiger partial charge in [0.1, 0.15) is 0 Å². The highest BCUT2D eigenvalue weighted by Crippen LogP contribution is 2.61. The van der Waals surface area contributed by atoms with Gasteiger partial charge in [-0.05, 0) is 143 Å². The van der Waals surface area contributed by atoms with E-state index in [-0.39, 0.29) is 0 Å². The summed E-state index contributed by atoms with van der Waals surface area (Å²) in [7, 11) is 0. The molecule has 0 N–H and O–H groups in total.